The summed E-state index contributed by atoms with van der Waals surface area (Å²) in [5.41, 5.74) is 1.20. The maximum absolute atomic E-state index is 14.2. The highest BCUT2D eigenvalue weighted by Crippen LogP contribution is 2.20. The van der Waals surface area contributed by atoms with E-state index in [0.29, 0.717) is 29.9 Å². The van der Waals surface area contributed by atoms with Gasteiger partial charge in [0.15, 0.2) is 0 Å². The molecule has 0 saturated carbocycles. The summed E-state index contributed by atoms with van der Waals surface area (Å²) in [5, 5.41) is 35.5. The lowest BCUT2D eigenvalue weighted by Gasteiger charge is -2.30. The minimum absolute atomic E-state index is 0.0411. The first-order valence-electron chi connectivity index (χ1n) is 20.3. The van der Waals surface area contributed by atoms with Gasteiger partial charge in [0.25, 0.3) is 0 Å². The second kappa shape index (κ2) is 22.4. The standard InChI is InChI=1S/C42H57N7O11/c1-24(2)10-8-14-34(52)45-30(20-27-11-6-5-7-12-27)38(55)47-32-23-60-35(53)22-43-41(58)36(26(4)50)48-40(57)33-13-9-19-49(33)42(59)25(3)44-37(54)31(46-39(32)56)21-28-15-17-29(51)18-16-28/h5-7,11-12,15-18,24-26,30-33,36,50-51H,8-10,13-14,19-23H2,1-4H3,(H,43,58)(H,44,54)(H,45,52)(H,46,56)(H,47,55)(H,48,57)/t25-,26-,30+,31+,32-,33+,36+/m1/s1. The molecule has 60 heavy (non-hydrogen) atoms. The number of carbonyl (C=O) groups excluding carboxylic acids is 8. The molecule has 0 spiro atoms. The Hall–Kier alpha value is -6.04. The van der Waals surface area contributed by atoms with E-state index in [-0.39, 0.29) is 43.9 Å². The lowest BCUT2D eigenvalue weighted by Crippen LogP contribution is -2.60. The minimum Gasteiger partial charge on any atom is -0.508 e. The van der Waals surface area contributed by atoms with Crippen LogP contribution < -0.4 is 31.9 Å². The fourth-order valence-corrected chi connectivity index (χ4v) is 6.88. The van der Waals surface area contributed by atoms with E-state index in [2.05, 4.69) is 31.9 Å². The van der Waals surface area contributed by atoms with Crippen molar-refractivity contribution < 1.29 is 53.3 Å². The number of carbonyl (C=O) groups is 8. The van der Waals surface area contributed by atoms with Gasteiger partial charge < -0.3 is 51.8 Å². The van der Waals surface area contributed by atoms with Crippen molar-refractivity contribution in [2.24, 2.45) is 5.92 Å². The average Bonchev–Trinajstić information content (AvgIpc) is 3.70. The third-order valence-corrected chi connectivity index (χ3v) is 10.2. The number of fused-ring (bicyclic) bond motifs is 1. The number of amides is 7. The summed E-state index contributed by atoms with van der Waals surface area (Å²) < 4.78 is 5.35. The molecule has 18 nitrogen and oxygen atoms in total. The highest BCUT2D eigenvalue weighted by Gasteiger charge is 2.39. The first kappa shape index (κ1) is 46.6. The third-order valence-electron chi connectivity index (χ3n) is 10.2. The molecule has 4 rings (SSSR count). The molecule has 2 aliphatic rings. The zero-order valence-corrected chi connectivity index (χ0v) is 34.4. The van der Waals surface area contributed by atoms with Gasteiger partial charge in [-0.15, -0.1) is 0 Å². The van der Waals surface area contributed by atoms with Gasteiger partial charge in [0.05, 0.1) is 6.10 Å². The molecule has 2 aromatic rings. The SMILES string of the molecule is CC(C)CCCC(=O)N[C@@H](Cc1ccccc1)C(=O)N[C@@H]1COC(=O)CNC(=O)[C@H]([C@@H](C)O)NC(=O)[C@@H]2CCCN2C(=O)[C@@H](C)NC(=O)[C@H](Cc2ccc(O)cc2)NC1=O. The van der Waals surface area contributed by atoms with Crippen LogP contribution in [-0.2, 0) is 55.9 Å². The molecule has 2 fully saturated rings. The number of cyclic esters (lactones) is 1. The van der Waals surface area contributed by atoms with Crippen molar-refractivity contribution in [3.8, 4) is 5.75 Å². The number of nitrogens with zero attached hydrogens (tertiary/aromatic N) is 1. The molecule has 8 N–H and O–H groups in total. The molecule has 0 radical (unpaired) electrons. The fraction of sp³-hybridized carbons (Fsp3) is 0.524. The summed E-state index contributed by atoms with van der Waals surface area (Å²) in [7, 11) is 0. The largest absolute Gasteiger partial charge is 0.508 e. The molecule has 2 aliphatic heterocycles. The molecular formula is C42H57N7O11. The predicted octanol–water partition coefficient (Wildman–Crippen LogP) is -0.508. The lowest BCUT2D eigenvalue weighted by atomic mass is 10.0. The number of aliphatic hydroxyl groups is 1. The topological polar surface area (TPSA) is 262 Å². The van der Waals surface area contributed by atoms with E-state index in [4.69, 9.17) is 4.74 Å². The van der Waals surface area contributed by atoms with E-state index >= 15 is 0 Å². The number of aliphatic hydroxyl groups excluding tert-OH is 1. The van der Waals surface area contributed by atoms with Crippen LogP contribution in [0.15, 0.2) is 54.6 Å². The van der Waals surface area contributed by atoms with Crippen LogP contribution in [-0.4, -0.2) is 124 Å². The van der Waals surface area contributed by atoms with Gasteiger partial charge in [-0.1, -0.05) is 62.7 Å². The second-order valence-electron chi connectivity index (χ2n) is 15.6. The Balaban J connectivity index is 1.67. The van der Waals surface area contributed by atoms with Crippen molar-refractivity contribution in [2.75, 3.05) is 19.7 Å². The number of esters is 1. The van der Waals surface area contributed by atoms with Crippen molar-refractivity contribution in [1.29, 1.82) is 0 Å². The van der Waals surface area contributed by atoms with Crippen LogP contribution in [0.4, 0.5) is 0 Å². The number of benzene rings is 2. The number of aromatic hydroxyl groups is 1. The first-order valence-corrected chi connectivity index (χ1v) is 20.3. The van der Waals surface area contributed by atoms with Gasteiger partial charge in [-0.25, -0.2) is 0 Å². The van der Waals surface area contributed by atoms with Crippen molar-refractivity contribution in [1.82, 2.24) is 36.8 Å². The Labute approximate surface area is 348 Å². The summed E-state index contributed by atoms with van der Waals surface area (Å²) in [6.45, 7) is 5.33. The molecule has 326 valence electrons. The summed E-state index contributed by atoms with van der Waals surface area (Å²) in [6, 6.07) is 6.69. The molecule has 7 atom stereocenters. The molecule has 18 heteroatoms. The van der Waals surface area contributed by atoms with E-state index < -0.39 is 96.9 Å². The van der Waals surface area contributed by atoms with Crippen LogP contribution >= 0.6 is 0 Å². The van der Waals surface area contributed by atoms with Gasteiger partial charge in [-0.05, 0) is 62.3 Å². The van der Waals surface area contributed by atoms with Crippen molar-refractivity contribution in [3.05, 3.63) is 65.7 Å². The summed E-state index contributed by atoms with van der Waals surface area (Å²) in [6.07, 6.45) is 0.660. The van der Waals surface area contributed by atoms with Gasteiger partial charge in [0.1, 0.15) is 55.2 Å². The van der Waals surface area contributed by atoms with Crippen molar-refractivity contribution >= 4 is 47.3 Å². The number of nitrogens with one attached hydrogen (secondary N) is 6. The number of phenolic OH excluding ortho intramolecular Hbond substituents is 1. The molecule has 2 aromatic carbocycles. The molecule has 0 aliphatic carbocycles. The van der Waals surface area contributed by atoms with E-state index in [1.165, 1.54) is 43.0 Å². The van der Waals surface area contributed by atoms with Gasteiger partial charge in [-0.3, -0.25) is 38.4 Å². The Kier molecular flexibility index (Phi) is 17.4. The van der Waals surface area contributed by atoms with Gasteiger partial charge in [0, 0.05) is 25.8 Å². The zero-order valence-electron chi connectivity index (χ0n) is 34.4. The maximum atomic E-state index is 14.2. The van der Waals surface area contributed by atoms with Crippen LogP contribution in [0, 0.1) is 5.92 Å². The predicted molar refractivity (Wildman–Crippen MR) is 216 cm³/mol. The number of rotatable bonds is 12. The molecule has 0 bridgehead atoms. The number of ether oxygens (including phenoxy) is 1. The minimum atomic E-state index is -1.65. The quantitative estimate of drug-likeness (QED) is 0.126. The fourth-order valence-electron chi connectivity index (χ4n) is 6.88. The normalized spacial score (nSPS) is 23.3. The van der Waals surface area contributed by atoms with Crippen LogP contribution in [0.3, 0.4) is 0 Å². The first-order chi connectivity index (χ1) is 28.5. The summed E-state index contributed by atoms with van der Waals surface area (Å²) in [4.78, 5) is 110. The Morgan fingerprint density at radius 1 is 0.883 bits per heavy atom. The number of phenols is 1. The molecule has 2 heterocycles. The van der Waals surface area contributed by atoms with Gasteiger partial charge in [-0.2, -0.15) is 0 Å². The Morgan fingerprint density at radius 3 is 2.25 bits per heavy atom. The summed E-state index contributed by atoms with van der Waals surface area (Å²) >= 11 is 0. The van der Waals surface area contributed by atoms with Crippen molar-refractivity contribution in [3.63, 3.8) is 0 Å². The third kappa shape index (κ3) is 14.1. The molecule has 0 unspecified atom stereocenters. The number of hydrogen-bond donors (Lipinski definition) is 8. The Bertz CT molecular complexity index is 1840. The zero-order chi connectivity index (χ0) is 43.9. The Morgan fingerprint density at radius 2 is 1.58 bits per heavy atom. The monoisotopic (exact) mass is 835 g/mol. The van der Waals surface area contributed by atoms with Crippen LogP contribution in [0.2, 0.25) is 0 Å². The number of hydrogen-bond acceptors (Lipinski definition) is 11. The van der Waals surface area contributed by atoms with Crippen molar-refractivity contribution in [2.45, 2.75) is 115 Å². The highest BCUT2D eigenvalue weighted by molar-refractivity contribution is 5.98. The molecule has 0 aromatic heterocycles. The molecule has 7 amide bonds. The molecule has 2 saturated heterocycles. The smallest absolute Gasteiger partial charge is 0.325 e. The average molecular weight is 836 g/mol. The maximum Gasteiger partial charge on any atom is 0.325 e. The van der Waals surface area contributed by atoms with Crippen LogP contribution in [0.5, 0.6) is 5.75 Å². The van der Waals surface area contributed by atoms with Crippen LogP contribution in [0.1, 0.15) is 70.9 Å². The molecular weight excluding hydrogens is 778 g/mol. The van der Waals surface area contributed by atoms with E-state index in [0.717, 1.165) is 6.42 Å². The van der Waals surface area contributed by atoms with Gasteiger partial charge in [0.2, 0.25) is 41.4 Å². The van der Waals surface area contributed by atoms with E-state index in [1.807, 2.05) is 13.8 Å². The summed E-state index contributed by atoms with van der Waals surface area (Å²) in [5.74, 6) is -5.99. The van der Waals surface area contributed by atoms with Crippen LogP contribution in [0.25, 0.3) is 0 Å². The van der Waals surface area contributed by atoms with E-state index in [9.17, 15) is 48.6 Å². The van der Waals surface area contributed by atoms with E-state index in [1.54, 1.807) is 30.3 Å². The lowest BCUT2D eigenvalue weighted by molar-refractivity contribution is -0.147. The van der Waals surface area contributed by atoms with Gasteiger partial charge >= 0.3 is 5.97 Å². The second-order valence-corrected chi connectivity index (χ2v) is 15.6. The highest BCUT2D eigenvalue weighted by atomic mass is 16.5.